The summed E-state index contributed by atoms with van der Waals surface area (Å²) in [4.78, 5) is 24.0. The minimum Gasteiger partial charge on any atom is -0.504 e. The second-order valence-corrected chi connectivity index (χ2v) is 7.61. The molecule has 0 bridgehead atoms. The molecule has 6 nitrogen and oxygen atoms in total. The molecule has 0 aliphatic carbocycles. The van der Waals surface area contributed by atoms with E-state index in [0.29, 0.717) is 36.3 Å². The number of phenols is 1. The maximum atomic E-state index is 12.5. The highest BCUT2D eigenvalue weighted by atomic mass is 16.5. The number of benzene rings is 2. The molecule has 0 saturated heterocycles. The normalized spacial score (nSPS) is 11.0. The van der Waals surface area contributed by atoms with Gasteiger partial charge in [0.1, 0.15) is 0 Å². The zero-order chi connectivity index (χ0) is 21.4. The van der Waals surface area contributed by atoms with Crippen LogP contribution in [-0.2, 0) is 27.2 Å². The lowest BCUT2D eigenvalue weighted by molar-refractivity contribution is -0.154. The first-order chi connectivity index (χ1) is 13.7. The zero-order valence-electron chi connectivity index (χ0n) is 17.5. The van der Waals surface area contributed by atoms with Crippen LogP contribution in [0.2, 0.25) is 0 Å². The van der Waals surface area contributed by atoms with Crippen LogP contribution >= 0.6 is 0 Å². The number of methoxy groups -OCH3 is 1. The van der Waals surface area contributed by atoms with Crippen molar-refractivity contribution in [3.63, 3.8) is 0 Å². The van der Waals surface area contributed by atoms with Crippen molar-refractivity contribution in [3.8, 4) is 11.5 Å². The van der Waals surface area contributed by atoms with Gasteiger partial charge in [0.2, 0.25) is 5.91 Å². The Hall–Kier alpha value is -3.02. The molecule has 2 rings (SSSR count). The molecular weight excluding hydrogens is 370 g/mol. The molecule has 6 heteroatoms. The van der Waals surface area contributed by atoms with E-state index in [2.05, 4.69) is 5.32 Å². The minimum atomic E-state index is -0.634. The molecule has 0 saturated carbocycles. The Labute approximate surface area is 171 Å². The molecule has 2 N–H and O–H groups in total. The Morgan fingerprint density at radius 2 is 1.79 bits per heavy atom. The number of aromatic hydroxyl groups is 1. The van der Waals surface area contributed by atoms with Crippen LogP contribution in [-0.4, -0.2) is 30.7 Å². The Morgan fingerprint density at radius 1 is 1.10 bits per heavy atom. The summed E-state index contributed by atoms with van der Waals surface area (Å²) in [7, 11) is 1.46. The number of hydrogen-bond acceptors (Lipinski definition) is 5. The monoisotopic (exact) mass is 399 g/mol. The Kier molecular flexibility index (Phi) is 7.65. The van der Waals surface area contributed by atoms with Gasteiger partial charge in [-0.2, -0.15) is 0 Å². The van der Waals surface area contributed by atoms with Crippen LogP contribution in [0, 0.1) is 5.41 Å². The molecule has 2 aromatic carbocycles. The largest absolute Gasteiger partial charge is 0.504 e. The van der Waals surface area contributed by atoms with Gasteiger partial charge in [-0.25, -0.2) is 0 Å². The fourth-order valence-electron chi connectivity index (χ4n) is 3.19. The third-order valence-electron chi connectivity index (χ3n) is 4.60. The van der Waals surface area contributed by atoms with E-state index in [1.165, 1.54) is 20.1 Å². The molecule has 0 radical (unpaired) electrons. The Balaban J connectivity index is 1.96. The summed E-state index contributed by atoms with van der Waals surface area (Å²) < 4.78 is 10.8. The van der Waals surface area contributed by atoms with E-state index >= 15 is 0 Å². The molecule has 29 heavy (non-hydrogen) atoms. The molecule has 0 aliphatic rings. The van der Waals surface area contributed by atoms with Crippen LogP contribution in [0.5, 0.6) is 11.5 Å². The number of nitrogens with one attached hydrogen (secondary N) is 1. The highest BCUT2D eigenvalue weighted by Gasteiger charge is 2.29. The standard InChI is InChI=1S/C23H29NO5/c1-16(25)24-19-12-13-20(26)21(28-4)18(19)11-8-14-29-22(27)23(2,3)15-17-9-6-5-7-10-17/h5-7,9-10,12-13,26H,8,11,14-15H2,1-4H3,(H,24,25). The SMILES string of the molecule is COc1c(O)ccc(NC(C)=O)c1CCCOC(=O)C(C)(C)Cc1ccccc1. The van der Waals surface area contributed by atoms with Gasteiger partial charge in [0.25, 0.3) is 0 Å². The van der Waals surface area contributed by atoms with E-state index in [1.807, 2.05) is 44.2 Å². The number of carbonyl (C=O) groups is 2. The number of rotatable bonds is 9. The van der Waals surface area contributed by atoms with Crippen molar-refractivity contribution in [1.29, 1.82) is 0 Å². The zero-order valence-corrected chi connectivity index (χ0v) is 17.5. The molecule has 0 spiro atoms. The van der Waals surface area contributed by atoms with Gasteiger partial charge in [0.05, 0.1) is 19.1 Å². The van der Waals surface area contributed by atoms with Gasteiger partial charge in [-0.1, -0.05) is 30.3 Å². The van der Waals surface area contributed by atoms with Gasteiger partial charge in [0, 0.05) is 18.2 Å². The summed E-state index contributed by atoms with van der Waals surface area (Å²) in [5.74, 6) is -0.163. The van der Waals surface area contributed by atoms with Crippen LogP contribution in [0.15, 0.2) is 42.5 Å². The number of esters is 1. The fraction of sp³-hybridized carbons (Fsp3) is 0.391. The van der Waals surface area contributed by atoms with E-state index in [0.717, 1.165) is 5.56 Å². The summed E-state index contributed by atoms with van der Waals surface area (Å²) >= 11 is 0. The van der Waals surface area contributed by atoms with E-state index in [-0.39, 0.29) is 24.2 Å². The van der Waals surface area contributed by atoms with E-state index in [1.54, 1.807) is 6.07 Å². The Bertz CT molecular complexity index is 846. The first-order valence-corrected chi connectivity index (χ1v) is 9.62. The third kappa shape index (κ3) is 6.24. The summed E-state index contributed by atoms with van der Waals surface area (Å²) in [6.07, 6.45) is 1.60. The molecule has 0 heterocycles. The van der Waals surface area contributed by atoms with Crippen molar-refractivity contribution in [2.24, 2.45) is 5.41 Å². The maximum absolute atomic E-state index is 12.5. The van der Waals surface area contributed by atoms with E-state index in [4.69, 9.17) is 9.47 Å². The molecule has 156 valence electrons. The summed E-state index contributed by atoms with van der Waals surface area (Å²) in [6.45, 7) is 5.39. The van der Waals surface area contributed by atoms with Crippen LogP contribution in [0.25, 0.3) is 0 Å². The quantitative estimate of drug-likeness (QED) is 0.377. The van der Waals surface area contributed by atoms with Crippen LogP contribution in [0.3, 0.4) is 0 Å². The van der Waals surface area contributed by atoms with Crippen molar-refractivity contribution in [2.45, 2.75) is 40.0 Å². The van der Waals surface area contributed by atoms with E-state index < -0.39 is 5.41 Å². The van der Waals surface area contributed by atoms with Gasteiger partial charge in [-0.05, 0) is 50.8 Å². The van der Waals surface area contributed by atoms with Crippen molar-refractivity contribution in [2.75, 3.05) is 19.0 Å². The molecule has 0 unspecified atom stereocenters. The van der Waals surface area contributed by atoms with Gasteiger partial charge >= 0.3 is 5.97 Å². The second kappa shape index (κ2) is 9.96. The van der Waals surface area contributed by atoms with Crippen molar-refractivity contribution in [1.82, 2.24) is 0 Å². The van der Waals surface area contributed by atoms with Crippen molar-refractivity contribution in [3.05, 3.63) is 53.6 Å². The van der Waals surface area contributed by atoms with Crippen LogP contribution in [0.1, 0.15) is 38.3 Å². The minimum absolute atomic E-state index is 0.00223. The number of anilines is 1. The van der Waals surface area contributed by atoms with Crippen molar-refractivity contribution >= 4 is 17.6 Å². The molecule has 0 aromatic heterocycles. The predicted octanol–water partition coefficient (Wildman–Crippen LogP) is 4.10. The molecule has 0 atom stereocenters. The lowest BCUT2D eigenvalue weighted by Crippen LogP contribution is -2.29. The molecule has 0 fully saturated rings. The highest BCUT2D eigenvalue weighted by molar-refractivity contribution is 5.90. The maximum Gasteiger partial charge on any atom is 0.311 e. The molecule has 2 aromatic rings. The van der Waals surface area contributed by atoms with Gasteiger partial charge in [0.15, 0.2) is 11.5 Å². The third-order valence-corrected chi connectivity index (χ3v) is 4.60. The van der Waals surface area contributed by atoms with Crippen LogP contribution in [0.4, 0.5) is 5.69 Å². The average molecular weight is 399 g/mol. The predicted molar refractivity (Wildman–Crippen MR) is 112 cm³/mol. The second-order valence-electron chi connectivity index (χ2n) is 7.61. The fourth-order valence-corrected chi connectivity index (χ4v) is 3.19. The Morgan fingerprint density at radius 3 is 2.41 bits per heavy atom. The first kappa shape index (κ1) is 22.3. The molecular formula is C23H29NO5. The number of carbonyl (C=O) groups excluding carboxylic acids is 2. The van der Waals surface area contributed by atoms with Crippen molar-refractivity contribution < 1.29 is 24.2 Å². The first-order valence-electron chi connectivity index (χ1n) is 9.62. The smallest absolute Gasteiger partial charge is 0.311 e. The van der Waals surface area contributed by atoms with Gasteiger partial charge in [-0.15, -0.1) is 0 Å². The number of amides is 1. The molecule has 0 aliphatic heterocycles. The van der Waals surface area contributed by atoms with Crippen LogP contribution < -0.4 is 10.1 Å². The highest BCUT2D eigenvalue weighted by Crippen LogP contribution is 2.36. The average Bonchev–Trinajstić information content (AvgIpc) is 2.67. The molecule has 1 amide bonds. The van der Waals surface area contributed by atoms with E-state index in [9.17, 15) is 14.7 Å². The lowest BCUT2D eigenvalue weighted by atomic mass is 9.86. The summed E-state index contributed by atoms with van der Waals surface area (Å²) in [6, 6.07) is 12.9. The number of hydrogen-bond donors (Lipinski definition) is 2. The lowest BCUT2D eigenvalue weighted by Gasteiger charge is -2.23. The van der Waals surface area contributed by atoms with Gasteiger partial charge < -0.3 is 19.9 Å². The topological polar surface area (TPSA) is 84.9 Å². The number of phenolic OH excluding ortho intramolecular Hbond substituents is 1. The summed E-state index contributed by atoms with van der Waals surface area (Å²) in [5, 5.41) is 12.8. The number of ether oxygens (including phenoxy) is 2. The van der Waals surface area contributed by atoms with Gasteiger partial charge in [-0.3, -0.25) is 9.59 Å². The summed E-state index contributed by atoms with van der Waals surface area (Å²) in [5.41, 5.74) is 1.69.